The maximum Gasteiger partial charge on any atom is 0.173 e. The van der Waals surface area contributed by atoms with Gasteiger partial charge in [-0.1, -0.05) is 40.2 Å². The number of benzene rings is 3. The van der Waals surface area contributed by atoms with Crippen LogP contribution in [0.5, 0.6) is 0 Å². The highest BCUT2D eigenvalue weighted by Gasteiger charge is 2.12. The molecule has 7 rings (SSSR count). The maximum absolute atomic E-state index is 9.04. The van der Waals surface area contributed by atoms with Crippen molar-refractivity contribution in [1.29, 1.82) is 10.5 Å². The van der Waals surface area contributed by atoms with E-state index in [0.717, 1.165) is 42.6 Å². The fourth-order valence-corrected chi connectivity index (χ4v) is 6.66. The molecule has 7 heteroatoms. The Morgan fingerprint density at radius 1 is 0.365 bits per heavy atom. The molecule has 52 heavy (non-hydrogen) atoms. The molecule has 0 aliphatic heterocycles. The van der Waals surface area contributed by atoms with Crippen LogP contribution in [0.2, 0.25) is 0 Å². The SMILES string of the molecule is N#Cc1ccc(C[n+]2ccc(-c3cc[n+](Cc4cc(CBr)cc(C[n+]5ccc(-c6cc[n+](Cc7ccc(C#N)cc7)cc6)cc5)c4)cc3)cc2)cc1. The van der Waals surface area contributed by atoms with Crippen molar-refractivity contribution in [3.63, 3.8) is 0 Å². The molecule has 0 saturated heterocycles. The second-order valence-corrected chi connectivity index (χ2v) is 13.5. The smallest absolute Gasteiger partial charge is 0.173 e. The lowest BCUT2D eigenvalue weighted by molar-refractivity contribution is -0.689. The van der Waals surface area contributed by atoms with Crippen LogP contribution >= 0.6 is 15.9 Å². The number of pyridine rings is 4. The van der Waals surface area contributed by atoms with E-state index in [1.807, 2.05) is 48.5 Å². The summed E-state index contributed by atoms with van der Waals surface area (Å²) in [5.74, 6) is 0. The van der Waals surface area contributed by atoms with Crippen molar-refractivity contribution in [2.45, 2.75) is 31.5 Å². The van der Waals surface area contributed by atoms with E-state index in [9.17, 15) is 0 Å². The van der Waals surface area contributed by atoms with Crippen molar-refractivity contribution >= 4 is 15.9 Å². The highest BCUT2D eigenvalue weighted by Crippen LogP contribution is 2.19. The minimum Gasteiger partial charge on any atom is -0.201 e. The molecule has 0 spiro atoms. The lowest BCUT2D eigenvalue weighted by Gasteiger charge is -2.07. The van der Waals surface area contributed by atoms with Crippen LogP contribution in [0.15, 0.2) is 165 Å². The third kappa shape index (κ3) is 8.71. The maximum atomic E-state index is 9.04. The van der Waals surface area contributed by atoms with Crippen molar-refractivity contribution in [3.8, 4) is 34.4 Å². The fourth-order valence-electron chi connectivity index (χ4n) is 6.33. The standard InChI is InChI=1S/C45H37BrN6/c46-28-39-25-40(33-51-21-13-44(14-22-51)42-9-17-49(18-10-42)31-37-5-1-35(29-47)2-6-37)27-41(26-39)34-52-23-15-45(16-24-52)43-11-19-50(20-12-43)32-38-7-3-36(30-48)4-8-38/h1-27H,28,31-34H2/q+4. The summed E-state index contributed by atoms with van der Waals surface area (Å²) >= 11 is 3.69. The van der Waals surface area contributed by atoms with Crippen LogP contribution in [0.3, 0.4) is 0 Å². The molecule has 0 amide bonds. The quantitative estimate of drug-likeness (QED) is 0.106. The van der Waals surface area contributed by atoms with E-state index in [1.54, 1.807) is 0 Å². The average molecular weight is 742 g/mol. The van der Waals surface area contributed by atoms with Crippen molar-refractivity contribution in [2.75, 3.05) is 0 Å². The first kappa shape index (κ1) is 34.2. The Bertz CT molecular complexity index is 2190. The van der Waals surface area contributed by atoms with E-state index >= 15 is 0 Å². The molecule has 0 aliphatic carbocycles. The zero-order valence-electron chi connectivity index (χ0n) is 28.7. The van der Waals surface area contributed by atoms with Crippen LogP contribution in [0.1, 0.15) is 38.9 Å². The van der Waals surface area contributed by atoms with Crippen LogP contribution in [0.4, 0.5) is 0 Å². The van der Waals surface area contributed by atoms with Gasteiger partial charge in [-0.3, -0.25) is 0 Å². The van der Waals surface area contributed by atoms with E-state index < -0.39 is 0 Å². The number of nitriles is 2. The van der Waals surface area contributed by atoms with Crippen LogP contribution in [-0.2, 0) is 31.5 Å². The van der Waals surface area contributed by atoms with Gasteiger partial charge in [0, 0.05) is 76.1 Å². The zero-order chi connectivity index (χ0) is 35.7. The first-order valence-corrected chi connectivity index (χ1v) is 18.3. The number of hydrogen-bond donors (Lipinski definition) is 0. The summed E-state index contributed by atoms with van der Waals surface area (Å²) in [6.45, 7) is 3.10. The van der Waals surface area contributed by atoms with Gasteiger partial charge in [0.1, 0.15) is 0 Å². The van der Waals surface area contributed by atoms with E-state index in [2.05, 4.69) is 163 Å². The Labute approximate surface area is 313 Å². The monoisotopic (exact) mass is 740 g/mol. The average Bonchev–Trinajstić information content (AvgIpc) is 3.20. The molecule has 0 aliphatic rings. The minimum atomic E-state index is 0.680. The summed E-state index contributed by atoms with van der Waals surface area (Å²) in [4.78, 5) is 0. The van der Waals surface area contributed by atoms with Crippen molar-refractivity contribution in [2.24, 2.45) is 0 Å². The van der Waals surface area contributed by atoms with E-state index in [4.69, 9.17) is 10.5 Å². The molecular formula is C45H37BrN6+4. The van der Waals surface area contributed by atoms with Gasteiger partial charge in [0.2, 0.25) is 0 Å². The molecule has 0 fully saturated rings. The Hall–Kier alpha value is -6.28. The van der Waals surface area contributed by atoms with E-state index in [0.29, 0.717) is 11.1 Å². The molecule has 4 aromatic heterocycles. The third-order valence-corrected chi connectivity index (χ3v) is 9.77. The van der Waals surface area contributed by atoms with Gasteiger partial charge in [0.05, 0.1) is 23.3 Å². The molecule has 0 radical (unpaired) electrons. The highest BCUT2D eigenvalue weighted by atomic mass is 79.9. The van der Waals surface area contributed by atoms with Gasteiger partial charge in [0.15, 0.2) is 75.8 Å². The van der Waals surface area contributed by atoms with Gasteiger partial charge in [0.25, 0.3) is 0 Å². The Kier molecular flexibility index (Phi) is 10.6. The van der Waals surface area contributed by atoms with Gasteiger partial charge in [-0.2, -0.15) is 10.5 Å². The Morgan fingerprint density at radius 2 is 0.635 bits per heavy atom. The number of nitrogens with zero attached hydrogens (tertiary/aromatic N) is 6. The van der Waals surface area contributed by atoms with Gasteiger partial charge < -0.3 is 0 Å². The number of halogens is 1. The van der Waals surface area contributed by atoms with E-state index in [1.165, 1.54) is 38.9 Å². The lowest BCUT2D eigenvalue weighted by Crippen LogP contribution is -2.34. The van der Waals surface area contributed by atoms with Crippen molar-refractivity contribution < 1.29 is 18.3 Å². The van der Waals surface area contributed by atoms with Gasteiger partial charge >= 0.3 is 0 Å². The number of aromatic nitrogens is 4. The Balaban J connectivity index is 0.970. The molecule has 0 saturated carbocycles. The second kappa shape index (κ2) is 16.2. The summed E-state index contributed by atoms with van der Waals surface area (Å²) in [5.41, 5.74) is 12.2. The molecule has 4 heterocycles. The fraction of sp³-hybridized carbons (Fsp3) is 0.111. The normalized spacial score (nSPS) is 10.8. The summed E-state index contributed by atoms with van der Waals surface area (Å²) in [7, 11) is 0. The predicted octanol–water partition coefficient (Wildman–Crippen LogP) is 7.00. The summed E-state index contributed by atoms with van der Waals surface area (Å²) < 4.78 is 8.75. The Morgan fingerprint density at radius 3 is 0.904 bits per heavy atom. The third-order valence-electron chi connectivity index (χ3n) is 9.12. The number of hydrogen-bond acceptors (Lipinski definition) is 2. The molecule has 3 aromatic carbocycles. The van der Waals surface area contributed by atoms with Crippen LogP contribution in [0, 0.1) is 22.7 Å². The molecular weight excluding hydrogens is 704 g/mol. The van der Waals surface area contributed by atoms with E-state index in [-0.39, 0.29) is 0 Å². The minimum absolute atomic E-state index is 0.680. The van der Waals surface area contributed by atoms with Crippen LogP contribution < -0.4 is 18.3 Å². The van der Waals surface area contributed by atoms with Crippen molar-refractivity contribution in [3.05, 3.63) is 204 Å². The largest absolute Gasteiger partial charge is 0.201 e. The van der Waals surface area contributed by atoms with Crippen LogP contribution in [0.25, 0.3) is 22.3 Å². The molecule has 6 nitrogen and oxygen atoms in total. The summed E-state index contributed by atoms with van der Waals surface area (Å²) in [5, 5.41) is 18.9. The lowest BCUT2D eigenvalue weighted by atomic mass is 10.1. The topological polar surface area (TPSA) is 63.1 Å². The number of alkyl halides is 1. The highest BCUT2D eigenvalue weighted by molar-refractivity contribution is 9.08. The molecule has 0 bridgehead atoms. The van der Waals surface area contributed by atoms with Gasteiger partial charge in [-0.25, -0.2) is 18.3 Å². The first-order valence-electron chi connectivity index (χ1n) is 17.2. The molecule has 0 unspecified atom stereocenters. The van der Waals surface area contributed by atoms with Gasteiger partial charge in [-0.05, 0) is 70.3 Å². The van der Waals surface area contributed by atoms with Gasteiger partial charge in [-0.15, -0.1) is 0 Å². The second-order valence-electron chi connectivity index (χ2n) is 12.9. The zero-order valence-corrected chi connectivity index (χ0v) is 30.3. The molecule has 0 atom stereocenters. The summed E-state index contributed by atoms with van der Waals surface area (Å²) in [6, 6.07) is 44.0. The predicted molar refractivity (Wildman–Crippen MR) is 202 cm³/mol. The summed E-state index contributed by atoms with van der Waals surface area (Å²) in [6.07, 6.45) is 17.0. The molecule has 0 N–H and O–H groups in total. The molecule has 250 valence electrons. The van der Waals surface area contributed by atoms with Crippen molar-refractivity contribution in [1.82, 2.24) is 0 Å². The number of rotatable bonds is 11. The molecule has 7 aromatic rings. The van der Waals surface area contributed by atoms with Crippen LogP contribution in [-0.4, -0.2) is 0 Å². The first-order chi connectivity index (χ1) is 25.5.